The number of rotatable bonds is 8. The summed E-state index contributed by atoms with van der Waals surface area (Å²) in [5, 5.41) is 0. The number of amides is 1. The van der Waals surface area contributed by atoms with Gasteiger partial charge in [-0.2, -0.15) is 13.2 Å². The fraction of sp³-hybridized carbons (Fsp3) is 0.909. The number of carbonyl (C=O) groups excluding carboxylic acids is 1. The Hall–Kier alpha value is -0.780. The second-order valence-electron chi connectivity index (χ2n) is 4.03. The van der Waals surface area contributed by atoms with Gasteiger partial charge in [0.05, 0.1) is 0 Å². The molecule has 0 unspecified atom stereocenters. The summed E-state index contributed by atoms with van der Waals surface area (Å²) >= 11 is 0. The molecule has 6 heteroatoms. The molecule has 102 valence electrons. The summed E-state index contributed by atoms with van der Waals surface area (Å²) < 4.78 is 36.8. The van der Waals surface area contributed by atoms with Gasteiger partial charge in [-0.1, -0.05) is 13.3 Å². The number of halogens is 3. The highest BCUT2D eigenvalue weighted by Crippen LogP contribution is 2.17. The number of carbonyl (C=O) groups is 1. The van der Waals surface area contributed by atoms with Gasteiger partial charge in [0.2, 0.25) is 5.91 Å². The fourth-order valence-corrected chi connectivity index (χ4v) is 1.44. The lowest BCUT2D eigenvalue weighted by molar-refractivity contribution is -0.161. The Kier molecular flexibility index (Phi) is 7.95. The minimum Gasteiger partial charge on any atom is -0.334 e. The Bertz CT molecular complexity index is 219. The summed E-state index contributed by atoms with van der Waals surface area (Å²) in [5.74, 6) is -0.427. The first-order valence-corrected chi connectivity index (χ1v) is 5.95. The van der Waals surface area contributed by atoms with E-state index in [1.807, 2.05) is 6.92 Å². The summed E-state index contributed by atoms with van der Waals surface area (Å²) in [7, 11) is 0. The van der Waals surface area contributed by atoms with Gasteiger partial charge in [0, 0.05) is 13.0 Å². The maximum atomic E-state index is 12.3. The molecule has 3 nitrogen and oxygen atoms in total. The molecule has 0 bridgehead atoms. The van der Waals surface area contributed by atoms with Gasteiger partial charge in [-0.15, -0.1) is 0 Å². The van der Waals surface area contributed by atoms with Gasteiger partial charge in [-0.05, 0) is 25.8 Å². The van der Waals surface area contributed by atoms with Crippen LogP contribution in [0.4, 0.5) is 13.2 Å². The molecular weight excluding hydrogens is 233 g/mol. The predicted molar refractivity (Wildman–Crippen MR) is 60.4 cm³/mol. The summed E-state index contributed by atoms with van der Waals surface area (Å²) in [6.45, 7) is 1.37. The second-order valence-corrected chi connectivity index (χ2v) is 4.03. The Morgan fingerprint density at radius 2 is 1.88 bits per heavy atom. The number of hydrogen-bond donors (Lipinski definition) is 1. The summed E-state index contributed by atoms with van der Waals surface area (Å²) in [5.41, 5.74) is 5.27. The molecule has 0 saturated heterocycles. The second kappa shape index (κ2) is 8.33. The maximum absolute atomic E-state index is 12.3. The van der Waals surface area contributed by atoms with Crippen molar-refractivity contribution in [1.29, 1.82) is 0 Å². The lowest BCUT2D eigenvalue weighted by atomic mass is 10.2. The zero-order valence-electron chi connectivity index (χ0n) is 10.2. The van der Waals surface area contributed by atoms with E-state index in [2.05, 4.69) is 0 Å². The molecule has 1 amide bonds. The number of nitrogens with zero attached hydrogens (tertiary/aromatic N) is 1. The first-order chi connectivity index (χ1) is 7.90. The van der Waals surface area contributed by atoms with Crippen LogP contribution in [0.15, 0.2) is 0 Å². The van der Waals surface area contributed by atoms with Crippen molar-refractivity contribution in [2.75, 3.05) is 19.6 Å². The summed E-state index contributed by atoms with van der Waals surface area (Å²) in [4.78, 5) is 12.5. The molecular formula is C11H21F3N2O. The molecule has 0 atom stereocenters. The van der Waals surface area contributed by atoms with E-state index in [1.165, 1.54) is 0 Å². The van der Waals surface area contributed by atoms with Crippen LogP contribution in [-0.4, -0.2) is 36.6 Å². The van der Waals surface area contributed by atoms with Crippen molar-refractivity contribution in [3.8, 4) is 0 Å². The third-order valence-corrected chi connectivity index (χ3v) is 2.35. The average molecular weight is 254 g/mol. The number of alkyl halides is 3. The highest BCUT2D eigenvalue weighted by Gasteiger charge is 2.32. The van der Waals surface area contributed by atoms with Crippen LogP contribution in [0, 0.1) is 0 Å². The summed E-state index contributed by atoms with van der Waals surface area (Å²) in [6, 6.07) is 0. The Balaban J connectivity index is 4.19. The van der Waals surface area contributed by atoms with Crippen LogP contribution in [0.5, 0.6) is 0 Å². The van der Waals surface area contributed by atoms with Crippen molar-refractivity contribution in [2.45, 2.75) is 45.2 Å². The number of nitrogens with two attached hydrogens (primary N) is 1. The van der Waals surface area contributed by atoms with E-state index in [9.17, 15) is 18.0 Å². The highest BCUT2D eigenvalue weighted by molar-refractivity contribution is 5.76. The van der Waals surface area contributed by atoms with E-state index in [0.717, 1.165) is 11.3 Å². The first kappa shape index (κ1) is 16.2. The minimum absolute atomic E-state index is 0.150. The molecule has 2 N–H and O–H groups in total. The standard InChI is InChI=1S/C11H21F3N2O/c1-2-3-8-16(9-11(12,13)14)10(17)6-4-5-7-15/h2-9,15H2,1H3. The number of unbranched alkanes of at least 4 members (excludes halogenated alkanes) is 2. The van der Waals surface area contributed by atoms with E-state index >= 15 is 0 Å². The fourth-order valence-electron chi connectivity index (χ4n) is 1.44. The monoisotopic (exact) mass is 254 g/mol. The number of hydrogen-bond acceptors (Lipinski definition) is 2. The molecule has 0 fully saturated rings. The van der Waals surface area contributed by atoms with Gasteiger partial charge in [-0.25, -0.2) is 0 Å². The van der Waals surface area contributed by atoms with Crippen molar-refractivity contribution in [1.82, 2.24) is 4.90 Å². The molecule has 0 spiro atoms. The van der Waals surface area contributed by atoms with Gasteiger partial charge in [0.1, 0.15) is 6.54 Å². The first-order valence-electron chi connectivity index (χ1n) is 5.95. The van der Waals surface area contributed by atoms with Crippen molar-refractivity contribution in [3.05, 3.63) is 0 Å². The third-order valence-electron chi connectivity index (χ3n) is 2.35. The van der Waals surface area contributed by atoms with Gasteiger partial charge in [-0.3, -0.25) is 4.79 Å². The summed E-state index contributed by atoms with van der Waals surface area (Å²) in [6.07, 6.45) is -1.59. The molecule has 0 aromatic heterocycles. The van der Waals surface area contributed by atoms with E-state index in [0.29, 0.717) is 25.8 Å². The van der Waals surface area contributed by atoms with Crippen molar-refractivity contribution in [2.24, 2.45) is 5.73 Å². The van der Waals surface area contributed by atoms with Gasteiger partial charge >= 0.3 is 6.18 Å². The van der Waals surface area contributed by atoms with Crippen LogP contribution in [0.25, 0.3) is 0 Å². The van der Waals surface area contributed by atoms with Crippen LogP contribution in [-0.2, 0) is 4.79 Å². The molecule has 0 radical (unpaired) electrons. The molecule has 0 aliphatic carbocycles. The molecule has 0 aromatic carbocycles. The smallest absolute Gasteiger partial charge is 0.334 e. The molecule has 0 aliphatic rings. The Morgan fingerprint density at radius 1 is 1.24 bits per heavy atom. The van der Waals surface area contributed by atoms with Crippen LogP contribution in [0.2, 0.25) is 0 Å². The van der Waals surface area contributed by atoms with Gasteiger partial charge < -0.3 is 10.6 Å². The zero-order chi connectivity index (χ0) is 13.3. The van der Waals surface area contributed by atoms with Crippen LogP contribution >= 0.6 is 0 Å². The molecule has 0 aromatic rings. The average Bonchev–Trinajstić information content (AvgIpc) is 2.22. The van der Waals surface area contributed by atoms with Crippen LogP contribution in [0.1, 0.15) is 39.0 Å². The quantitative estimate of drug-likeness (QED) is 0.676. The van der Waals surface area contributed by atoms with Gasteiger partial charge in [0.15, 0.2) is 0 Å². The van der Waals surface area contributed by atoms with Crippen molar-refractivity contribution >= 4 is 5.91 Å². The predicted octanol–water partition coefficient (Wildman–Crippen LogP) is 2.31. The maximum Gasteiger partial charge on any atom is 0.406 e. The van der Waals surface area contributed by atoms with E-state index in [4.69, 9.17) is 5.73 Å². The molecule has 0 saturated carbocycles. The lowest BCUT2D eigenvalue weighted by Gasteiger charge is -2.23. The Morgan fingerprint density at radius 3 is 2.35 bits per heavy atom. The SMILES string of the molecule is CCCCN(CC(F)(F)F)C(=O)CCCCN. The normalized spacial score (nSPS) is 11.6. The Labute approximate surface area is 100 Å². The molecule has 0 aliphatic heterocycles. The molecule has 0 rings (SSSR count). The van der Waals surface area contributed by atoms with E-state index in [1.54, 1.807) is 0 Å². The highest BCUT2D eigenvalue weighted by atomic mass is 19.4. The third kappa shape index (κ3) is 8.97. The van der Waals surface area contributed by atoms with E-state index in [-0.39, 0.29) is 13.0 Å². The minimum atomic E-state index is -4.32. The molecule has 0 heterocycles. The van der Waals surface area contributed by atoms with Crippen LogP contribution in [0.3, 0.4) is 0 Å². The topological polar surface area (TPSA) is 46.3 Å². The van der Waals surface area contributed by atoms with Crippen molar-refractivity contribution in [3.63, 3.8) is 0 Å². The molecule has 17 heavy (non-hydrogen) atoms. The lowest BCUT2D eigenvalue weighted by Crippen LogP contribution is -2.39. The largest absolute Gasteiger partial charge is 0.406 e. The van der Waals surface area contributed by atoms with Gasteiger partial charge in [0.25, 0.3) is 0 Å². The van der Waals surface area contributed by atoms with Crippen molar-refractivity contribution < 1.29 is 18.0 Å². The zero-order valence-corrected chi connectivity index (χ0v) is 10.2. The van der Waals surface area contributed by atoms with Crippen LogP contribution < -0.4 is 5.73 Å². The van der Waals surface area contributed by atoms with E-state index < -0.39 is 18.6 Å².